The Labute approximate surface area is 486 Å². The molecule has 0 rings (SSSR count). The minimum atomic E-state index is -4.38. The van der Waals surface area contributed by atoms with E-state index in [1.807, 2.05) is 21.1 Å². The Balaban J connectivity index is 4.00. The van der Waals surface area contributed by atoms with Crippen molar-refractivity contribution in [2.45, 2.75) is 367 Å². The van der Waals surface area contributed by atoms with Gasteiger partial charge in [-0.1, -0.05) is 321 Å². The maximum absolute atomic E-state index is 12.9. The molecule has 464 valence electrons. The van der Waals surface area contributed by atoms with E-state index in [0.29, 0.717) is 17.4 Å². The number of ether oxygens (including phenoxy) is 2. The number of hydrogen-bond donors (Lipinski definition) is 1. The van der Waals surface area contributed by atoms with Gasteiger partial charge in [0, 0.05) is 12.8 Å². The van der Waals surface area contributed by atoms with Crippen LogP contribution >= 0.6 is 7.82 Å². The van der Waals surface area contributed by atoms with Gasteiger partial charge in [0.05, 0.1) is 27.7 Å². The van der Waals surface area contributed by atoms with Gasteiger partial charge in [0.15, 0.2) is 6.10 Å². The van der Waals surface area contributed by atoms with Crippen LogP contribution in [0.3, 0.4) is 0 Å². The highest BCUT2D eigenvalue weighted by molar-refractivity contribution is 7.47. The number of unbranched alkanes of at least 4 members (excludes halogenated alkanes) is 49. The highest BCUT2D eigenvalue weighted by Gasteiger charge is 2.27. The molecule has 0 spiro atoms. The van der Waals surface area contributed by atoms with E-state index in [4.69, 9.17) is 18.5 Å². The Kier molecular flexibility index (Phi) is 59.4. The number of hydrogen-bond acceptors (Lipinski definition) is 7. The predicted molar refractivity (Wildman–Crippen MR) is 335 cm³/mol. The maximum atomic E-state index is 12.9. The van der Waals surface area contributed by atoms with Gasteiger partial charge >= 0.3 is 19.8 Å². The molecule has 0 bridgehead atoms. The van der Waals surface area contributed by atoms with E-state index >= 15 is 0 Å². The van der Waals surface area contributed by atoms with E-state index in [-0.39, 0.29) is 25.6 Å². The number of phosphoric ester groups is 1. The zero-order valence-corrected chi connectivity index (χ0v) is 53.8. The minimum Gasteiger partial charge on any atom is -0.462 e. The van der Waals surface area contributed by atoms with Crippen LogP contribution in [-0.4, -0.2) is 74.9 Å². The van der Waals surface area contributed by atoms with Crippen LogP contribution in [0.25, 0.3) is 0 Å². The Hall–Kier alpha value is -1.25. The fourth-order valence-corrected chi connectivity index (χ4v) is 11.2. The summed E-state index contributed by atoms with van der Waals surface area (Å²) in [4.78, 5) is 35.8. The summed E-state index contributed by atoms with van der Waals surface area (Å²) >= 11 is 0. The highest BCUT2D eigenvalue weighted by atomic mass is 31.2. The molecular formula is C68H135NO8P+. The molecule has 0 saturated carbocycles. The number of allylic oxidation sites excluding steroid dienone is 2. The molecule has 0 amide bonds. The van der Waals surface area contributed by atoms with Gasteiger partial charge in [-0.05, 0) is 38.5 Å². The highest BCUT2D eigenvalue weighted by Crippen LogP contribution is 2.43. The van der Waals surface area contributed by atoms with Crippen molar-refractivity contribution in [1.82, 2.24) is 0 Å². The Morgan fingerprint density at radius 2 is 0.654 bits per heavy atom. The van der Waals surface area contributed by atoms with E-state index in [1.165, 1.54) is 295 Å². The molecule has 0 saturated heterocycles. The lowest BCUT2D eigenvalue weighted by atomic mass is 10.0. The molecule has 0 aromatic rings. The number of phosphoric acid groups is 1. The maximum Gasteiger partial charge on any atom is 0.472 e. The van der Waals surface area contributed by atoms with Crippen LogP contribution in [0.2, 0.25) is 0 Å². The molecule has 0 aromatic heterocycles. The molecule has 0 fully saturated rings. The van der Waals surface area contributed by atoms with Crippen LogP contribution in [0.1, 0.15) is 361 Å². The molecule has 10 heteroatoms. The van der Waals surface area contributed by atoms with Gasteiger partial charge in [-0.15, -0.1) is 0 Å². The van der Waals surface area contributed by atoms with Crippen molar-refractivity contribution in [1.29, 1.82) is 0 Å². The summed E-state index contributed by atoms with van der Waals surface area (Å²) in [7, 11) is 1.50. The molecular weight excluding hydrogens is 990 g/mol. The van der Waals surface area contributed by atoms with Crippen molar-refractivity contribution < 1.29 is 42.1 Å². The van der Waals surface area contributed by atoms with Gasteiger partial charge < -0.3 is 18.9 Å². The second-order valence-electron chi connectivity index (χ2n) is 24.9. The first-order valence-electron chi connectivity index (χ1n) is 34.4. The number of nitrogens with zero attached hydrogens (tertiary/aromatic N) is 1. The molecule has 1 N–H and O–H groups in total. The van der Waals surface area contributed by atoms with Gasteiger partial charge in [-0.3, -0.25) is 18.6 Å². The number of quaternary nitrogens is 1. The normalized spacial score (nSPS) is 13.2. The Morgan fingerprint density at radius 1 is 0.385 bits per heavy atom. The first kappa shape index (κ1) is 76.8. The number of rotatable bonds is 65. The Morgan fingerprint density at radius 3 is 0.949 bits per heavy atom. The lowest BCUT2D eigenvalue weighted by Crippen LogP contribution is -2.37. The molecule has 2 unspecified atom stereocenters. The lowest BCUT2D eigenvalue weighted by Gasteiger charge is -2.24. The second-order valence-corrected chi connectivity index (χ2v) is 26.4. The standard InChI is InChI=1S/C68H134NO8P/c1-6-8-10-12-14-16-18-20-22-24-26-28-30-32-33-34-35-37-39-41-43-45-47-49-51-53-55-57-59-61-68(71)77-66(65-76-78(72,73)75-63-62-69(3,4)5)64-74-67(70)60-58-56-54-52-50-48-46-44-42-40-38-36-31-29-27-25-23-21-19-17-15-13-11-9-7-2/h24,26,66H,6-23,25,27-65H2,1-5H3/p+1/b26-24-. The second kappa shape index (κ2) is 60.3. The topological polar surface area (TPSA) is 108 Å². The average Bonchev–Trinajstić information content (AvgIpc) is 3.41. The van der Waals surface area contributed by atoms with Crippen LogP contribution in [0.15, 0.2) is 12.2 Å². The zero-order valence-electron chi connectivity index (χ0n) is 52.9. The van der Waals surface area contributed by atoms with Crippen molar-refractivity contribution in [2.24, 2.45) is 0 Å². The third-order valence-electron chi connectivity index (χ3n) is 15.8. The summed E-state index contributed by atoms with van der Waals surface area (Å²) in [6.45, 7) is 4.52. The number of esters is 2. The smallest absolute Gasteiger partial charge is 0.462 e. The third kappa shape index (κ3) is 63.9. The molecule has 78 heavy (non-hydrogen) atoms. The largest absolute Gasteiger partial charge is 0.472 e. The number of carbonyl (C=O) groups excluding carboxylic acids is 2. The monoisotopic (exact) mass is 1120 g/mol. The van der Waals surface area contributed by atoms with Crippen LogP contribution < -0.4 is 0 Å². The summed E-state index contributed by atoms with van der Waals surface area (Å²) in [5.74, 6) is -0.771. The molecule has 0 aromatic carbocycles. The molecule has 0 radical (unpaired) electrons. The van der Waals surface area contributed by atoms with E-state index in [1.54, 1.807) is 0 Å². The number of likely N-dealkylation sites (N-methyl/N-ethyl adjacent to an activating group) is 1. The van der Waals surface area contributed by atoms with Gasteiger partial charge in [0.2, 0.25) is 0 Å². The SMILES string of the molecule is CCCCCCCCCC/C=C\CCCCCCCCCCCCCCCCCCCC(=O)OC(COC(=O)CCCCCCCCCCCCCCCCCCCCCCCCCCC)COP(=O)(O)OCC[N+](C)(C)C. The molecule has 0 heterocycles. The predicted octanol–water partition coefficient (Wildman–Crippen LogP) is 21.9. The first-order valence-corrected chi connectivity index (χ1v) is 35.9. The van der Waals surface area contributed by atoms with E-state index in [0.717, 1.165) is 38.5 Å². The number of carbonyl (C=O) groups is 2. The minimum absolute atomic E-state index is 0.0365. The van der Waals surface area contributed by atoms with Crippen molar-refractivity contribution in [3.63, 3.8) is 0 Å². The zero-order chi connectivity index (χ0) is 57.0. The summed E-state index contributed by atoms with van der Waals surface area (Å²) < 4.78 is 34.7. The summed E-state index contributed by atoms with van der Waals surface area (Å²) in [6.07, 6.45) is 73.2. The van der Waals surface area contributed by atoms with Crippen LogP contribution in [-0.2, 0) is 32.7 Å². The van der Waals surface area contributed by atoms with Crippen LogP contribution in [0, 0.1) is 0 Å². The van der Waals surface area contributed by atoms with Gasteiger partial charge in [-0.25, -0.2) is 4.57 Å². The fraction of sp³-hybridized carbons (Fsp3) is 0.941. The quantitative estimate of drug-likeness (QED) is 0.0211. The van der Waals surface area contributed by atoms with Crippen molar-refractivity contribution in [3.05, 3.63) is 12.2 Å². The molecule has 9 nitrogen and oxygen atoms in total. The molecule has 0 aliphatic heterocycles. The summed E-state index contributed by atoms with van der Waals surface area (Å²) in [5, 5.41) is 0. The Bertz CT molecular complexity index is 1320. The van der Waals surface area contributed by atoms with E-state index < -0.39 is 26.5 Å². The van der Waals surface area contributed by atoms with E-state index in [2.05, 4.69) is 26.0 Å². The lowest BCUT2D eigenvalue weighted by molar-refractivity contribution is -0.870. The summed E-state index contributed by atoms with van der Waals surface area (Å²) in [6, 6.07) is 0. The van der Waals surface area contributed by atoms with Crippen molar-refractivity contribution in [3.8, 4) is 0 Å². The van der Waals surface area contributed by atoms with Gasteiger partial charge in [-0.2, -0.15) is 0 Å². The molecule has 0 aliphatic rings. The van der Waals surface area contributed by atoms with Crippen molar-refractivity contribution in [2.75, 3.05) is 47.5 Å². The summed E-state index contributed by atoms with van der Waals surface area (Å²) in [5.41, 5.74) is 0. The van der Waals surface area contributed by atoms with Gasteiger partial charge in [0.25, 0.3) is 0 Å². The van der Waals surface area contributed by atoms with Gasteiger partial charge in [0.1, 0.15) is 19.8 Å². The van der Waals surface area contributed by atoms with Crippen molar-refractivity contribution >= 4 is 19.8 Å². The molecule has 2 atom stereocenters. The van der Waals surface area contributed by atoms with E-state index in [9.17, 15) is 19.0 Å². The average molecular weight is 1130 g/mol. The molecule has 0 aliphatic carbocycles. The van der Waals surface area contributed by atoms with Crippen LogP contribution in [0.4, 0.5) is 0 Å². The third-order valence-corrected chi connectivity index (χ3v) is 16.8. The fourth-order valence-electron chi connectivity index (χ4n) is 10.5. The first-order chi connectivity index (χ1) is 38.0. The van der Waals surface area contributed by atoms with Crippen LogP contribution in [0.5, 0.6) is 0 Å².